The third kappa shape index (κ3) is 4.59. The van der Waals surface area contributed by atoms with Crippen LogP contribution in [-0.4, -0.2) is 71.9 Å². The van der Waals surface area contributed by atoms with Crippen LogP contribution in [0.2, 0.25) is 0 Å². The minimum absolute atomic E-state index is 0.174. The average molecular weight is 447 g/mol. The van der Waals surface area contributed by atoms with Crippen molar-refractivity contribution in [2.45, 2.75) is 25.3 Å². The van der Waals surface area contributed by atoms with E-state index in [-0.39, 0.29) is 12.6 Å². The summed E-state index contributed by atoms with van der Waals surface area (Å²) in [6, 6.07) is 8.43. The van der Waals surface area contributed by atoms with Gasteiger partial charge in [-0.2, -0.15) is 0 Å². The smallest absolute Gasteiger partial charge is 0.203 e. The van der Waals surface area contributed by atoms with Crippen LogP contribution < -0.4 is 23.7 Å². The van der Waals surface area contributed by atoms with Crippen LogP contribution in [0.3, 0.4) is 0 Å². The van der Waals surface area contributed by atoms with Gasteiger partial charge in [-0.1, -0.05) is 0 Å². The van der Waals surface area contributed by atoms with E-state index < -0.39 is 0 Å². The van der Waals surface area contributed by atoms with Gasteiger partial charge in [0.15, 0.2) is 23.0 Å². The van der Waals surface area contributed by atoms with Gasteiger partial charge in [0.05, 0.1) is 55.7 Å². The van der Waals surface area contributed by atoms with Gasteiger partial charge in [0, 0.05) is 31.4 Å². The Bertz CT molecular complexity index is 906. The van der Waals surface area contributed by atoms with Crippen molar-refractivity contribution in [3.63, 3.8) is 0 Å². The van der Waals surface area contributed by atoms with Crippen molar-refractivity contribution in [2.24, 2.45) is 0 Å². The summed E-state index contributed by atoms with van der Waals surface area (Å²) in [6.45, 7) is 2.06. The van der Waals surface area contributed by atoms with Crippen molar-refractivity contribution in [1.29, 1.82) is 0 Å². The molecule has 176 valence electrons. The number of aliphatic hydroxyl groups excluding tert-OH is 1. The van der Waals surface area contributed by atoms with Crippen LogP contribution >= 0.6 is 0 Å². The Labute approximate surface area is 191 Å². The minimum atomic E-state index is 0.174. The third-order valence-corrected chi connectivity index (χ3v) is 6.63. The molecule has 0 aliphatic carbocycles. The molecule has 0 aromatic heterocycles. The first-order valence-electron chi connectivity index (χ1n) is 10.9. The molecule has 1 heterocycles. The Morgan fingerprint density at radius 3 is 1.97 bits per heavy atom. The van der Waals surface area contributed by atoms with Gasteiger partial charge in [-0.3, -0.25) is 0 Å². The summed E-state index contributed by atoms with van der Waals surface area (Å²) in [5.41, 5.74) is 3.63. The summed E-state index contributed by atoms with van der Waals surface area (Å²) in [6.07, 6.45) is 2.48. The molecule has 0 radical (unpaired) electrons. The van der Waals surface area contributed by atoms with Crippen LogP contribution in [-0.2, 0) is 12.8 Å². The van der Waals surface area contributed by atoms with Crippen molar-refractivity contribution >= 4 is 0 Å². The third-order valence-electron chi connectivity index (χ3n) is 6.63. The first-order valence-corrected chi connectivity index (χ1v) is 10.9. The molecule has 2 aromatic rings. The number of ether oxygens (including phenoxy) is 5. The second-order valence-electron chi connectivity index (χ2n) is 8.41. The fourth-order valence-corrected chi connectivity index (χ4v) is 4.84. The van der Waals surface area contributed by atoms with Crippen molar-refractivity contribution in [1.82, 2.24) is 0 Å². The predicted molar refractivity (Wildman–Crippen MR) is 123 cm³/mol. The topological polar surface area (TPSA) is 66.4 Å². The fourth-order valence-electron chi connectivity index (χ4n) is 4.84. The average Bonchev–Trinajstić information content (AvgIpc) is 2.83. The number of likely N-dealkylation sites (N-methyl/N-ethyl adjacent to an activating group) is 1. The molecule has 0 amide bonds. The lowest BCUT2D eigenvalue weighted by Gasteiger charge is -2.46. The molecule has 0 fully saturated rings. The van der Waals surface area contributed by atoms with Crippen molar-refractivity contribution in [3.8, 4) is 28.7 Å². The Balaban J connectivity index is 2.10. The quantitative estimate of drug-likeness (QED) is 0.565. The first-order chi connectivity index (χ1) is 15.4. The molecule has 1 aliphatic rings. The predicted octanol–water partition coefficient (Wildman–Crippen LogP) is 3.40. The van der Waals surface area contributed by atoms with Gasteiger partial charge in [-0.05, 0) is 35.4 Å². The fraction of sp³-hybridized carbons (Fsp3) is 0.520. The van der Waals surface area contributed by atoms with Gasteiger partial charge >= 0.3 is 0 Å². The summed E-state index contributed by atoms with van der Waals surface area (Å²) in [4.78, 5) is 0. The SMILES string of the molecule is COc1cc2c(cc1OC)[C@@H](Cc1cc(OC)c(OC)c(OC)c1)[N@@+](C)(CCCO)CC2. The molecule has 2 aromatic carbocycles. The number of hydrogen-bond donors (Lipinski definition) is 1. The van der Waals surface area contributed by atoms with Gasteiger partial charge in [0.1, 0.15) is 6.04 Å². The molecular formula is C25H36NO6+. The van der Waals surface area contributed by atoms with E-state index >= 15 is 0 Å². The highest BCUT2D eigenvalue weighted by Crippen LogP contribution is 2.44. The van der Waals surface area contributed by atoms with E-state index in [1.54, 1.807) is 35.5 Å². The van der Waals surface area contributed by atoms with E-state index in [9.17, 15) is 5.11 Å². The Morgan fingerprint density at radius 2 is 1.44 bits per heavy atom. The van der Waals surface area contributed by atoms with Gasteiger partial charge in [-0.25, -0.2) is 0 Å². The summed E-state index contributed by atoms with van der Waals surface area (Å²) in [5.74, 6) is 3.37. The number of rotatable bonds is 10. The maximum atomic E-state index is 9.53. The Morgan fingerprint density at radius 1 is 0.844 bits per heavy atom. The van der Waals surface area contributed by atoms with Gasteiger partial charge in [0.25, 0.3) is 0 Å². The van der Waals surface area contributed by atoms with E-state index in [1.165, 1.54) is 11.1 Å². The van der Waals surface area contributed by atoms with Crippen molar-refractivity contribution in [2.75, 3.05) is 62.3 Å². The second-order valence-corrected chi connectivity index (χ2v) is 8.41. The highest BCUT2D eigenvalue weighted by atomic mass is 16.5. The normalized spacial score (nSPS) is 19.8. The molecule has 1 aliphatic heterocycles. The van der Waals surface area contributed by atoms with Crippen molar-refractivity contribution in [3.05, 3.63) is 41.0 Å². The molecule has 0 spiro atoms. The lowest BCUT2D eigenvalue weighted by atomic mass is 9.86. The number of hydrogen-bond acceptors (Lipinski definition) is 6. The maximum Gasteiger partial charge on any atom is 0.203 e. The molecule has 1 N–H and O–H groups in total. The van der Waals surface area contributed by atoms with Crippen LogP contribution in [0, 0.1) is 0 Å². The monoisotopic (exact) mass is 446 g/mol. The molecule has 0 saturated carbocycles. The molecule has 0 saturated heterocycles. The number of nitrogens with zero attached hydrogens (tertiary/aromatic N) is 1. The first kappa shape index (κ1) is 24.0. The number of fused-ring (bicyclic) bond motifs is 1. The molecule has 0 bridgehead atoms. The highest BCUT2D eigenvalue weighted by Gasteiger charge is 2.39. The molecule has 3 rings (SSSR count). The Kier molecular flexibility index (Phi) is 7.74. The number of aliphatic hydroxyl groups is 1. The zero-order chi connectivity index (χ0) is 23.3. The van der Waals surface area contributed by atoms with E-state index in [4.69, 9.17) is 23.7 Å². The van der Waals surface area contributed by atoms with Gasteiger partial charge < -0.3 is 33.3 Å². The molecular weight excluding hydrogens is 410 g/mol. The van der Waals surface area contributed by atoms with Crippen LogP contribution in [0.4, 0.5) is 0 Å². The van der Waals surface area contributed by atoms with Crippen LogP contribution in [0.25, 0.3) is 0 Å². The largest absolute Gasteiger partial charge is 0.493 e. The van der Waals surface area contributed by atoms with Crippen molar-refractivity contribution < 1.29 is 33.3 Å². The lowest BCUT2D eigenvalue weighted by molar-refractivity contribution is -0.941. The summed E-state index contributed by atoms with van der Waals surface area (Å²) < 4.78 is 28.7. The minimum Gasteiger partial charge on any atom is -0.493 e. The van der Waals surface area contributed by atoms with Crippen LogP contribution in [0.5, 0.6) is 28.7 Å². The second kappa shape index (κ2) is 10.3. The molecule has 0 unspecified atom stereocenters. The Hall–Kier alpha value is -2.64. The maximum absolute atomic E-state index is 9.53. The molecule has 2 atom stereocenters. The zero-order valence-corrected chi connectivity index (χ0v) is 20.1. The number of benzene rings is 2. The van der Waals surface area contributed by atoms with E-state index in [0.29, 0.717) is 17.2 Å². The van der Waals surface area contributed by atoms with Gasteiger partial charge in [-0.15, -0.1) is 0 Å². The number of quaternary nitrogens is 1. The van der Waals surface area contributed by atoms with E-state index in [2.05, 4.69) is 19.2 Å². The molecule has 7 nitrogen and oxygen atoms in total. The van der Waals surface area contributed by atoms with Crippen LogP contribution in [0.1, 0.15) is 29.2 Å². The van der Waals surface area contributed by atoms with Crippen LogP contribution in [0.15, 0.2) is 24.3 Å². The lowest BCUT2D eigenvalue weighted by Crippen LogP contribution is -2.52. The van der Waals surface area contributed by atoms with E-state index in [1.807, 2.05) is 12.1 Å². The number of methoxy groups -OCH3 is 5. The van der Waals surface area contributed by atoms with Gasteiger partial charge in [0.2, 0.25) is 5.75 Å². The summed E-state index contributed by atoms with van der Waals surface area (Å²) in [7, 11) is 10.5. The summed E-state index contributed by atoms with van der Waals surface area (Å²) >= 11 is 0. The molecule has 7 heteroatoms. The zero-order valence-electron chi connectivity index (χ0n) is 20.1. The standard InChI is InChI=1S/C25H36NO6/c1-26(9-7-11-27)10-8-18-15-21(28-2)22(29-3)16-19(18)20(26)12-17-13-23(30-4)25(32-6)24(14-17)31-5/h13-16,20,27H,7-12H2,1-6H3/q+1/t20-,26+/m1/s1. The highest BCUT2D eigenvalue weighted by molar-refractivity contribution is 5.54. The summed E-state index contributed by atoms with van der Waals surface area (Å²) in [5, 5.41) is 9.53. The van der Waals surface area contributed by atoms with E-state index in [0.717, 1.165) is 53.9 Å². The molecule has 32 heavy (non-hydrogen) atoms.